The first-order chi connectivity index (χ1) is 12.9. The number of fused-ring (bicyclic) bond motifs is 1. The van der Waals surface area contributed by atoms with Crippen LogP contribution in [-0.4, -0.2) is 35.8 Å². The van der Waals surface area contributed by atoms with Crippen LogP contribution in [0, 0.1) is 0 Å². The Balaban J connectivity index is -0.000000467. The van der Waals surface area contributed by atoms with E-state index in [2.05, 4.69) is 0 Å². The molecule has 0 aromatic heterocycles. The van der Waals surface area contributed by atoms with E-state index in [0.717, 1.165) is 0 Å². The van der Waals surface area contributed by atoms with Crippen LogP contribution in [0.4, 0.5) is 0 Å². The maximum absolute atomic E-state index is 11.4. The van der Waals surface area contributed by atoms with Gasteiger partial charge in [0.25, 0.3) is 0 Å². The second-order valence-corrected chi connectivity index (χ2v) is 5.17. The van der Waals surface area contributed by atoms with Crippen LogP contribution in [0.1, 0.15) is 62.1 Å². The maximum Gasteiger partial charge on any atom is 1.00 e. The summed E-state index contributed by atoms with van der Waals surface area (Å²) in [4.78, 5) is 67.8. The fourth-order valence-corrected chi connectivity index (χ4v) is 2.70. The van der Waals surface area contributed by atoms with E-state index in [1.165, 1.54) is 0 Å². The minimum absolute atomic E-state index is 0. The van der Waals surface area contributed by atoms with Crippen molar-refractivity contribution in [3.8, 4) is 0 Å². The molecule has 0 bridgehead atoms. The van der Waals surface area contributed by atoms with Crippen molar-refractivity contribution in [2.75, 3.05) is 0 Å². The first kappa shape index (κ1) is 49.0. The minimum Gasteiger partial charge on any atom is -0.545 e. The van der Waals surface area contributed by atoms with E-state index in [4.69, 9.17) is 0 Å². The van der Waals surface area contributed by atoms with E-state index in [1.54, 1.807) is 0 Å². The van der Waals surface area contributed by atoms with Crippen LogP contribution in [0.25, 0.3) is 10.8 Å². The van der Waals surface area contributed by atoms with Gasteiger partial charge < -0.3 is 59.4 Å². The Morgan fingerprint density at radius 2 is 0.588 bits per heavy atom. The molecule has 0 unspecified atom stereocenters. The van der Waals surface area contributed by atoms with E-state index < -0.39 is 80.0 Å². The average molecular weight is 621 g/mol. The summed E-state index contributed by atoms with van der Waals surface area (Å²) >= 11 is 0. The molecule has 0 aliphatic rings. The number of benzene rings is 2. The summed E-state index contributed by atoms with van der Waals surface area (Å²) in [6, 6.07) is 0.526. The van der Waals surface area contributed by atoms with Gasteiger partial charge in [-0.1, -0.05) is 0 Å². The summed E-state index contributed by atoms with van der Waals surface area (Å²) in [5.41, 5.74) is -8.76. The van der Waals surface area contributed by atoms with E-state index >= 15 is 0 Å². The quantitative estimate of drug-likeness (QED) is 0.273. The molecule has 0 spiro atoms. The van der Waals surface area contributed by atoms with Crippen LogP contribution in [0.3, 0.4) is 0 Å². The number of hydrogen-bond donors (Lipinski definition) is 0. The van der Waals surface area contributed by atoms with Crippen molar-refractivity contribution in [2.45, 2.75) is 0 Å². The molecule has 144 valence electrons. The fourth-order valence-electron chi connectivity index (χ4n) is 2.70. The van der Waals surface area contributed by atoms with Crippen molar-refractivity contribution < 1.29 is 368 Å². The monoisotopic (exact) mass is 620 g/mol. The van der Waals surface area contributed by atoms with Gasteiger partial charge in [0.05, 0.1) is 35.8 Å². The SMILES string of the molecule is O=C([O-])c1cc2c(C(=O)[O-])c(C(=O)[O-])c(C(=O)[O-])c(C(=O)[O-])c2cc1C(=O)[O-].[K+].[K+].[K+].[K+].[K+].[K+]. The Kier molecular flexibility index (Phi) is 31.7. The van der Waals surface area contributed by atoms with Crippen LogP contribution in [0.2, 0.25) is 0 Å². The van der Waals surface area contributed by atoms with Gasteiger partial charge in [0.2, 0.25) is 0 Å². The molecule has 2 aromatic carbocycles. The Hall–Kier alpha value is 5.34. The summed E-state index contributed by atoms with van der Waals surface area (Å²) in [6.07, 6.45) is 0. The number of carboxylic acids is 6. The van der Waals surface area contributed by atoms with Crippen molar-refractivity contribution >= 4 is 46.6 Å². The van der Waals surface area contributed by atoms with Gasteiger partial charge in [-0.25, -0.2) is 0 Å². The van der Waals surface area contributed by atoms with Crippen LogP contribution in [0.15, 0.2) is 12.1 Å². The number of hydrogen-bond acceptors (Lipinski definition) is 12. The number of carboxylic acid groups (broad SMARTS) is 6. The van der Waals surface area contributed by atoms with Crippen LogP contribution >= 0.6 is 0 Å². The predicted octanol–water partition coefficient (Wildman–Crippen LogP) is -25.0. The van der Waals surface area contributed by atoms with Crippen molar-refractivity contribution in [1.29, 1.82) is 0 Å². The van der Waals surface area contributed by atoms with E-state index in [1.807, 2.05) is 0 Å². The molecular weight excluding hydrogens is 619 g/mol. The molecular formula is C16H2K6O12. The Labute approximate surface area is 446 Å². The van der Waals surface area contributed by atoms with Gasteiger partial charge in [-0.05, 0) is 22.9 Å². The van der Waals surface area contributed by atoms with Gasteiger partial charge in [0.1, 0.15) is 0 Å². The van der Waals surface area contributed by atoms with Crippen LogP contribution in [0.5, 0.6) is 0 Å². The molecule has 2 aromatic rings. The molecule has 0 saturated carbocycles. The van der Waals surface area contributed by atoms with Crippen molar-refractivity contribution in [1.82, 2.24) is 0 Å². The summed E-state index contributed by atoms with van der Waals surface area (Å²) in [6.45, 7) is 0. The number of carbonyl (C=O) groups is 6. The largest absolute Gasteiger partial charge is 1.00 e. The minimum atomic E-state index is -2.47. The van der Waals surface area contributed by atoms with Gasteiger partial charge >= 0.3 is 308 Å². The molecule has 18 heteroatoms. The zero-order valence-electron chi connectivity index (χ0n) is 19.1. The molecule has 0 fully saturated rings. The van der Waals surface area contributed by atoms with Gasteiger partial charge in [-0.3, -0.25) is 0 Å². The Morgan fingerprint density at radius 1 is 0.382 bits per heavy atom. The molecule has 0 saturated heterocycles. The molecule has 34 heavy (non-hydrogen) atoms. The van der Waals surface area contributed by atoms with Gasteiger partial charge in [-0.2, -0.15) is 0 Å². The average Bonchev–Trinajstić information content (AvgIpc) is 2.57. The summed E-state index contributed by atoms with van der Waals surface area (Å²) in [5, 5.41) is 65.8. The number of carbonyl (C=O) groups excluding carboxylic acids is 6. The van der Waals surface area contributed by atoms with E-state index in [-0.39, 0.29) is 320 Å². The molecule has 0 amide bonds. The van der Waals surface area contributed by atoms with Crippen LogP contribution in [-0.2, 0) is 0 Å². The zero-order valence-corrected chi connectivity index (χ0v) is 37.8. The number of aromatic carboxylic acids is 6. The van der Waals surface area contributed by atoms with Crippen molar-refractivity contribution in [3.63, 3.8) is 0 Å². The zero-order chi connectivity index (χ0) is 21.5. The molecule has 0 aliphatic carbocycles. The normalized spacial score (nSPS) is 8.59. The second-order valence-electron chi connectivity index (χ2n) is 5.17. The molecule has 0 heterocycles. The molecule has 0 N–H and O–H groups in total. The summed E-state index contributed by atoms with van der Waals surface area (Å²) in [5.74, 6) is -14.0. The van der Waals surface area contributed by atoms with Gasteiger partial charge in [0.15, 0.2) is 0 Å². The molecule has 0 aliphatic heterocycles. The van der Waals surface area contributed by atoms with Crippen LogP contribution < -0.4 is 339 Å². The summed E-state index contributed by atoms with van der Waals surface area (Å²) in [7, 11) is 0. The van der Waals surface area contributed by atoms with Gasteiger partial charge in [-0.15, -0.1) is 0 Å². The molecule has 2 rings (SSSR count). The summed E-state index contributed by atoms with van der Waals surface area (Å²) < 4.78 is 0. The van der Waals surface area contributed by atoms with Gasteiger partial charge in [0, 0.05) is 33.4 Å². The van der Waals surface area contributed by atoms with Crippen molar-refractivity contribution in [3.05, 3.63) is 45.5 Å². The Bertz CT molecular complexity index is 1060. The van der Waals surface area contributed by atoms with E-state index in [0.29, 0.717) is 0 Å². The third-order valence-electron chi connectivity index (χ3n) is 3.70. The fraction of sp³-hybridized carbons (Fsp3) is 0. The standard InChI is InChI=1S/C16H8O12.6K/c17-11(18)5-1-3-4(2-6(5)12(19)20)8(14(23)24)10(16(27)28)9(15(25)26)7(3)13(21)22;;;;;;/h1-2H,(H,17,18)(H,19,20)(H,21,22)(H,23,24)(H,25,26)(H,27,28);;;;;;/q;6*+1/p-6. The predicted molar refractivity (Wildman–Crippen MR) is 69.9 cm³/mol. The first-order valence-electron chi connectivity index (χ1n) is 6.85. The van der Waals surface area contributed by atoms with E-state index in [9.17, 15) is 59.4 Å². The Morgan fingerprint density at radius 3 is 0.735 bits per heavy atom. The molecule has 0 atom stereocenters. The second kappa shape index (κ2) is 22.0. The topological polar surface area (TPSA) is 241 Å². The van der Waals surface area contributed by atoms with Crippen molar-refractivity contribution in [2.24, 2.45) is 0 Å². The third kappa shape index (κ3) is 11.5. The maximum atomic E-state index is 11.4. The third-order valence-corrected chi connectivity index (χ3v) is 3.70. The smallest absolute Gasteiger partial charge is 0.545 e. The molecule has 0 radical (unpaired) electrons. The molecule has 12 nitrogen and oxygen atoms in total. The first-order valence-corrected chi connectivity index (χ1v) is 6.85. The number of rotatable bonds is 6.